The van der Waals surface area contributed by atoms with Gasteiger partial charge in [0.05, 0.1) is 6.10 Å². The van der Waals surface area contributed by atoms with Crippen molar-refractivity contribution in [1.29, 1.82) is 0 Å². The zero-order valence-electron chi connectivity index (χ0n) is 22.7. The summed E-state index contributed by atoms with van der Waals surface area (Å²) in [6.45, 7) is 14.1. The molecule has 0 aromatic carbocycles. The Morgan fingerprint density at radius 1 is 1.03 bits per heavy atom. The molecular formula is C30H55IOS. The summed E-state index contributed by atoms with van der Waals surface area (Å²) in [5, 5.41) is 10.2. The van der Waals surface area contributed by atoms with Crippen LogP contribution in [-0.2, 0) is 0 Å². The summed E-state index contributed by atoms with van der Waals surface area (Å²) in [4.78, 5) is 0. The minimum absolute atomic E-state index is 0.0738. The van der Waals surface area contributed by atoms with Crippen molar-refractivity contribution in [2.75, 3.05) is 0 Å². The molecule has 0 amide bonds. The monoisotopic (exact) mass is 590 g/mol. The van der Waals surface area contributed by atoms with E-state index in [0.717, 1.165) is 42.4 Å². The Hall–Kier alpha value is 0.780. The highest BCUT2D eigenvalue weighted by molar-refractivity contribution is 14.2. The number of halogens is 1. The molecule has 0 bridgehead atoms. The number of fused-ring (bicyclic) bond motifs is 5. The fourth-order valence-electron chi connectivity index (χ4n) is 8.63. The molecule has 0 heterocycles. The van der Waals surface area contributed by atoms with Gasteiger partial charge in [-0.05, 0) is 119 Å². The predicted octanol–water partition coefficient (Wildman–Crippen LogP) is 10.2. The standard InChI is InChI=1S/C28H48O.C2H6.HIS/c1-5-6-8-20(2)9-7-10-21-12-14-25-24-13-11-22-19-23(29)15-17-28(22,4)26(24)16-18-27(21,25)3;2*1-2/h11,20-21,23-26,29H,5-10,12-19H2,1-4H3;1-2H3;2H/t20?,21?,23-,24?,25?,26?,27?,28?;;/m0../s1. The second kappa shape index (κ2) is 13.9. The van der Waals surface area contributed by atoms with Gasteiger partial charge in [-0.3, -0.25) is 0 Å². The molecule has 0 aromatic rings. The van der Waals surface area contributed by atoms with E-state index in [9.17, 15) is 5.11 Å². The summed E-state index contributed by atoms with van der Waals surface area (Å²) in [5.74, 6) is 4.69. The van der Waals surface area contributed by atoms with E-state index < -0.39 is 0 Å². The van der Waals surface area contributed by atoms with E-state index in [1.807, 2.05) is 35.1 Å². The Bertz CT molecular complexity index is 606. The lowest BCUT2D eigenvalue weighted by Gasteiger charge is -2.58. The van der Waals surface area contributed by atoms with Crippen LogP contribution >= 0.6 is 31.0 Å². The van der Waals surface area contributed by atoms with Crippen molar-refractivity contribution in [3.05, 3.63) is 11.6 Å². The first-order valence-corrected chi connectivity index (χ1v) is 17.7. The number of hydrogen-bond donors (Lipinski definition) is 2. The number of rotatable bonds is 7. The Balaban J connectivity index is 0.000000914. The number of unbranched alkanes of at least 4 members (excludes halogenated alkanes) is 1. The Kier molecular flexibility index (Phi) is 12.7. The third kappa shape index (κ3) is 6.56. The minimum atomic E-state index is -0.0738. The maximum atomic E-state index is 10.2. The lowest BCUT2D eigenvalue weighted by Crippen LogP contribution is -2.50. The number of aliphatic hydroxyl groups excluding tert-OH is 1. The lowest BCUT2D eigenvalue weighted by atomic mass is 9.47. The minimum Gasteiger partial charge on any atom is -0.393 e. The van der Waals surface area contributed by atoms with Crippen molar-refractivity contribution in [3.63, 3.8) is 0 Å². The molecule has 1 nitrogen and oxygen atoms in total. The normalized spacial score (nSPS) is 40.0. The Labute approximate surface area is 224 Å². The molecule has 1 N–H and O–H groups in total. The van der Waals surface area contributed by atoms with Crippen LogP contribution in [0.2, 0.25) is 0 Å². The van der Waals surface area contributed by atoms with Gasteiger partial charge in [0.1, 0.15) is 0 Å². The van der Waals surface area contributed by atoms with E-state index in [0.29, 0.717) is 10.8 Å². The zero-order chi connectivity index (χ0) is 24.6. The topological polar surface area (TPSA) is 20.2 Å². The molecule has 4 aliphatic rings. The molecule has 0 saturated heterocycles. The molecule has 7 unspecified atom stereocenters. The van der Waals surface area contributed by atoms with Gasteiger partial charge in [-0.15, -0.1) is 9.80 Å². The van der Waals surface area contributed by atoms with Crippen LogP contribution in [0.4, 0.5) is 0 Å². The van der Waals surface area contributed by atoms with E-state index in [4.69, 9.17) is 0 Å². The second-order valence-corrected chi connectivity index (χ2v) is 12.2. The predicted molar refractivity (Wildman–Crippen MR) is 158 cm³/mol. The molecular weight excluding hydrogens is 535 g/mol. The molecule has 194 valence electrons. The van der Waals surface area contributed by atoms with Gasteiger partial charge >= 0.3 is 0 Å². The molecule has 0 radical (unpaired) electrons. The summed E-state index contributed by atoms with van der Waals surface area (Å²) in [5.41, 5.74) is 2.64. The third-order valence-corrected chi connectivity index (χ3v) is 10.6. The first-order chi connectivity index (χ1) is 15.9. The van der Waals surface area contributed by atoms with Gasteiger partial charge in [-0.25, -0.2) is 0 Å². The maximum Gasteiger partial charge on any atom is 0.0577 e. The van der Waals surface area contributed by atoms with E-state index in [2.05, 4.69) is 43.6 Å². The smallest absolute Gasteiger partial charge is 0.0577 e. The third-order valence-electron chi connectivity index (χ3n) is 10.6. The average Bonchev–Trinajstić information content (AvgIpc) is 3.17. The summed E-state index contributed by atoms with van der Waals surface area (Å²) in [6, 6.07) is 0. The van der Waals surface area contributed by atoms with Crippen LogP contribution in [0.25, 0.3) is 0 Å². The summed E-state index contributed by atoms with van der Waals surface area (Å²) in [7, 11) is 3.50. The number of aliphatic hydroxyl groups is 1. The van der Waals surface area contributed by atoms with Gasteiger partial charge in [0.25, 0.3) is 0 Å². The van der Waals surface area contributed by atoms with Gasteiger partial charge < -0.3 is 5.11 Å². The largest absolute Gasteiger partial charge is 0.393 e. The Morgan fingerprint density at radius 3 is 2.42 bits per heavy atom. The molecule has 0 aliphatic heterocycles. The van der Waals surface area contributed by atoms with E-state index in [1.165, 1.54) is 77.0 Å². The van der Waals surface area contributed by atoms with Crippen LogP contribution in [0.1, 0.15) is 131 Å². The van der Waals surface area contributed by atoms with Gasteiger partial charge in [0.2, 0.25) is 0 Å². The van der Waals surface area contributed by atoms with Crippen LogP contribution in [0, 0.1) is 40.4 Å². The van der Waals surface area contributed by atoms with Gasteiger partial charge in [-0.2, -0.15) is 0 Å². The highest BCUT2D eigenvalue weighted by Gasteiger charge is 2.58. The van der Waals surface area contributed by atoms with Crippen LogP contribution in [-0.4, -0.2) is 11.2 Å². The summed E-state index contributed by atoms with van der Waals surface area (Å²) in [6.07, 6.45) is 21.6. The molecule has 4 rings (SSSR count). The van der Waals surface area contributed by atoms with E-state index >= 15 is 0 Å². The first-order valence-electron chi connectivity index (χ1n) is 14.4. The maximum absolute atomic E-state index is 10.2. The van der Waals surface area contributed by atoms with E-state index in [1.54, 1.807) is 5.57 Å². The van der Waals surface area contributed by atoms with Crippen molar-refractivity contribution in [3.8, 4) is 0 Å². The zero-order valence-corrected chi connectivity index (χ0v) is 25.8. The number of allylic oxidation sites excluding steroid dienone is 1. The highest BCUT2D eigenvalue weighted by Crippen LogP contribution is 2.66. The van der Waals surface area contributed by atoms with Crippen molar-refractivity contribution >= 4 is 31.0 Å². The van der Waals surface area contributed by atoms with Crippen molar-refractivity contribution < 1.29 is 5.11 Å². The molecule has 3 heteroatoms. The van der Waals surface area contributed by atoms with Gasteiger partial charge in [0, 0.05) is 0 Å². The van der Waals surface area contributed by atoms with Crippen molar-refractivity contribution in [2.24, 2.45) is 40.4 Å². The van der Waals surface area contributed by atoms with Crippen molar-refractivity contribution in [2.45, 2.75) is 138 Å². The highest BCUT2D eigenvalue weighted by atomic mass is 127. The fraction of sp³-hybridized carbons (Fsp3) is 0.933. The molecule has 0 spiro atoms. The second-order valence-electron chi connectivity index (χ2n) is 12.2. The molecule has 3 saturated carbocycles. The molecule has 33 heavy (non-hydrogen) atoms. The molecule has 4 aliphatic carbocycles. The van der Waals surface area contributed by atoms with Crippen LogP contribution in [0.5, 0.6) is 0 Å². The Morgan fingerprint density at radius 2 is 1.73 bits per heavy atom. The van der Waals surface area contributed by atoms with E-state index in [-0.39, 0.29) is 6.10 Å². The number of thiol groups is 1. The van der Waals surface area contributed by atoms with Crippen molar-refractivity contribution in [1.82, 2.24) is 0 Å². The van der Waals surface area contributed by atoms with Crippen LogP contribution in [0.3, 0.4) is 0 Å². The molecule has 8 atom stereocenters. The quantitative estimate of drug-likeness (QED) is 0.172. The van der Waals surface area contributed by atoms with Gasteiger partial charge in [-0.1, -0.05) is 85.3 Å². The fourth-order valence-corrected chi connectivity index (χ4v) is 8.63. The average molecular weight is 591 g/mol. The number of hydrogen-bond acceptors (Lipinski definition) is 2. The van der Waals surface area contributed by atoms with Gasteiger partial charge in [0.15, 0.2) is 0 Å². The molecule has 0 aromatic heterocycles. The van der Waals surface area contributed by atoms with Crippen LogP contribution in [0.15, 0.2) is 11.6 Å². The lowest BCUT2D eigenvalue weighted by molar-refractivity contribution is -0.0509. The van der Waals surface area contributed by atoms with Crippen LogP contribution < -0.4 is 0 Å². The molecule has 3 fully saturated rings. The summed E-state index contributed by atoms with van der Waals surface area (Å²) >= 11 is 1.84. The first kappa shape index (κ1) is 30.0. The summed E-state index contributed by atoms with van der Waals surface area (Å²) < 4.78 is 0. The SMILES string of the molecule is CC.CCCCC(C)CCCC1CCC2C3CC=C4C[C@@H](O)CCC4(C)C3CCC12C.SI.